The molecule has 2 aromatic carbocycles. The first-order valence-corrected chi connectivity index (χ1v) is 8.47. The third kappa shape index (κ3) is 3.29. The zero-order chi connectivity index (χ0) is 18.2. The molecule has 2 amide bonds. The minimum absolute atomic E-state index is 0.181. The van der Waals surface area contributed by atoms with Crippen molar-refractivity contribution in [2.45, 2.75) is 40.3 Å². The monoisotopic (exact) mass is 337 g/mol. The van der Waals surface area contributed by atoms with E-state index in [2.05, 4.69) is 0 Å². The highest BCUT2D eigenvalue weighted by molar-refractivity contribution is 6.21. The summed E-state index contributed by atoms with van der Waals surface area (Å²) in [6.45, 7) is 8.40. The summed E-state index contributed by atoms with van der Waals surface area (Å²) in [5, 5.41) is 0. The van der Waals surface area contributed by atoms with Crippen molar-refractivity contribution >= 4 is 11.8 Å². The average Bonchev–Trinajstić information content (AvgIpc) is 2.83. The van der Waals surface area contributed by atoms with Crippen molar-refractivity contribution in [2.75, 3.05) is 0 Å². The molecule has 4 nitrogen and oxygen atoms in total. The fourth-order valence-corrected chi connectivity index (χ4v) is 2.81. The van der Waals surface area contributed by atoms with Gasteiger partial charge in [0, 0.05) is 6.04 Å². The van der Waals surface area contributed by atoms with Crippen molar-refractivity contribution in [1.82, 2.24) is 4.90 Å². The summed E-state index contributed by atoms with van der Waals surface area (Å²) < 4.78 is 5.78. The number of nitrogens with zero attached hydrogens (tertiary/aromatic N) is 1. The summed E-state index contributed by atoms with van der Waals surface area (Å²) >= 11 is 0. The lowest BCUT2D eigenvalue weighted by Crippen LogP contribution is -2.45. The predicted octanol–water partition coefficient (Wildman–Crippen LogP) is 4.30. The molecule has 1 heterocycles. The molecule has 1 atom stereocenters. The molecule has 0 bridgehead atoms. The van der Waals surface area contributed by atoms with Crippen LogP contribution in [0.1, 0.15) is 54.0 Å². The molecule has 0 aliphatic carbocycles. The van der Waals surface area contributed by atoms with Crippen molar-refractivity contribution in [3.8, 4) is 5.75 Å². The maximum atomic E-state index is 12.8. The fourth-order valence-electron chi connectivity index (χ4n) is 2.81. The third-order valence-electron chi connectivity index (χ3n) is 4.78. The zero-order valence-corrected chi connectivity index (χ0v) is 15.1. The molecule has 3 rings (SSSR count). The smallest absolute Gasteiger partial charge is 0.261 e. The zero-order valence-electron chi connectivity index (χ0n) is 15.1. The fraction of sp³-hybridized carbons (Fsp3) is 0.333. The number of benzene rings is 2. The van der Waals surface area contributed by atoms with Crippen LogP contribution < -0.4 is 4.74 Å². The maximum Gasteiger partial charge on any atom is 0.261 e. The molecule has 0 N–H and O–H groups in total. The van der Waals surface area contributed by atoms with Gasteiger partial charge in [-0.25, -0.2) is 0 Å². The van der Waals surface area contributed by atoms with E-state index in [1.165, 1.54) is 4.90 Å². The van der Waals surface area contributed by atoms with Crippen LogP contribution >= 0.6 is 0 Å². The van der Waals surface area contributed by atoms with E-state index in [9.17, 15) is 9.59 Å². The molecule has 0 unspecified atom stereocenters. The summed E-state index contributed by atoms with van der Waals surface area (Å²) in [7, 11) is 0. The lowest BCUT2D eigenvalue weighted by atomic mass is 9.87. The van der Waals surface area contributed by atoms with E-state index >= 15 is 0 Å². The molecule has 0 saturated carbocycles. The van der Waals surface area contributed by atoms with Crippen molar-refractivity contribution in [1.29, 1.82) is 0 Å². The van der Waals surface area contributed by atoms with Gasteiger partial charge in [-0.05, 0) is 36.1 Å². The van der Waals surface area contributed by atoms with Crippen molar-refractivity contribution in [3.05, 3.63) is 65.2 Å². The second-order valence-electron chi connectivity index (χ2n) is 7.50. The van der Waals surface area contributed by atoms with Gasteiger partial charge < -0.3 is 4.74 Å². The Morgan fingerprint density at radius 2 is 1.60 bits per heavy atom. The Labute approximate surface area is 148 Å². The Bertz CT molecular complexity index is 806. The minimum atomic E-state index is -0.243. The number of carbonyl (C=O) groups is 2. The predicted molar refractivity (Wildman–Crippen MR) is 96.6 cm³/mol. The summed E-state index contributed by atoms with van der Waals surface area (Å²) in [6.07, 6.45) is 0. The first kappa shape index (κ1) is 17.2. The molecule has 0 spiro atoms. The number of fused-ring (bicyclic) bond motifs is 1. The van der Waals surface area contributed by atoms with E-state index in [-0.39, 0.29) is 23.3 Å². The molecule has 130 valence electrons. The van der Waals surface area contributed by atoms with E-state index in [4.69, 9.17) is 4.74 Å². The standard InChI is InChI=1S/C21H23NO3/c1-14(21(2,3)4)22-19(23)17-11-10-16(12-18(17)20(22)24)25-13-15-8-6-5-7-9-15/h5-12,14H,13H2,1-4H3/t14-/m1/s1. The van der Waals surface area contributed by atoms with Crippen LogP contribution in [0.4, 0.5) is 0 Å². The van der Waals surface area contributed by atoms with Crippen LogP contribution in [0.3, 0.4) is 0 Å². The second kappa shape index (κ2) is 6.36. The van der Waals surface area contributed by atoms with E-state index in [1.807, 2.05) is 58.0 Å². The molecular weight excluding hydrogens is 314 g/mol. The lowest BCUT2D eigenvalue weighted by molar-refractivity contribution is 0.0485. The molecule has 2 aromatic rings. The largest absolute Gasteiger partial charge is 0.489 e. The molecule has 25 heavy (non-hydrogen) atoms. The topological polar surface area (TPSA) is 46.6 Å². The van der Waals surface area contributed by atoms with Gasteiger partial charge in [0.15, 0.2) is 0 Å². The number of imide groups is 1. The molecule has 0 saturated heterocycles. The third-order valence-corrected chi connectivity index (χ3v) is 4.78. The van der Waals surface area contributed by atoms with Crippen LogP contribution in [-0.4, -0.2) is 22.8 Å². The maximum absolute atomic E-state index is 12.8. The van der Waals surface area contributed by atoms with Crippen LogP contribution in [0.2, 0.25) is 0 Å². The molecule has 4 heteroatoms. The van der Waals surface area contributed by atoms with Crippen molar-refractivity contribution < 1.29 is 14.3 Å². The highest BCUT2D eigenvalue weighted by Gasteiger charge is 2.42. The SMILES string of the molecule is C[C@@H](N1C(=O)c2ccc(OCc3ccccc3)cc2C1=O)C(C)(C)C. The quantitative estimate of drug-likeness (QED) is 0.782. The number of rotatable bonds is 4. The van der Waals surface area contributed by atoms with Crippen LogP contribution in [-0.2, 0) is 6.61 Å². The minimum Gasteiger partial charge on any atom is -0.489 e. The summed E-state index contributed by atoms with van der Waals surface area (Å²) in [5.74, 6) is 0.124. The second-order valence-corrected chi connectivity index (χ2v) is 7.50. The van der Waals surface area contributed by atoms with Gasteiger partial charge in [0.2, 0.25) is 0 Å². The Morgan fingerprint density at radius 3 is 2.24 bits per heavy atom. The van der Waals surface area contributed by atoms with Gasteiger partial charge in [0.25, 0.3) is 11.8 Å². The normalized spacial score (nSPS) is 15.3. The number of hydrogen-bond acceptors (Lipinski definition) is 3. The van der Waals surface area contributed by atoms with Crippen LogP contribution in [0.25, 0.3) is 0 Å². The number of ether oxygens (including phenoxy) is 1. The molecular formula is C21H23NO3. The molecule has 0 radical (unpaired) electrons. The summed E-state index contributed by atoms with van der Waals surface area (Å²) in [5.41, 5.74) is 1.74. The van der Waals surface area contributed by atoms with Gasteiger partial charge >= 0.3 is 0 Å². The Kier molecular flexibility index (Phi) is 4.38. The van der Waals surface area contributed by atoms with E-state index in [0.717, 1.165) is 5.56 Å². The molecule has 0 fully saturated rings. The molecule has 1 aliphatic heterocycles. The number of hydrogen-bond donors (Lipinski definition) is 0. The van der Waals surface area contributed by atoms with Crippen LogP contribution in [0.5, 0.6) is 5.75 Å². The highest BCUT2D eigenvalue weighted by atomic mass is 16.5. The van der Waals surface area contributed by atoms with E-state index in [1.54, 1.807) is 18.2 Å². The first-order valence-electron chi connectivity index (χ1n) is 8.47. The van der Waals surface area contributed by atoms with Crippen LogP contribution in [0, 0.1) is 5.41 Å². The van der Waals surface area contributed by atoms with Gasteiger partial charge in [-0.1, -0.05) is 51.1 Å². The van der Waals surface area contributed by atoms with Gasteiger partial charge in [-0.3, -0.25) is 14.5 Å². The Morgan fingerprint density at radius 1 is 0.960 bits per heavy atom. The first-order chi connectivity index (χ1) is 11.8. The summed E-state index contributed by atoms with van der Waals surface area (Å²) in [6, 6.07) is 14.7. The average molecular weight is 337 g/mol. The number of amides is 2. The van der Waals surface area contributed by atoms with Crippen molar-refractivity contribution in [2.24, 2.45) is 5.41 Å². The van der Waals surface area contributed by atoms with Gasteiger partial charge in [-0.2, -0.15) is 0 Å². The Hall–Kier alpha value is -2.62. The highest BCUT2D eigenvalue weighted by Crippen LogP contribution is 2.33. The number of carbonyl (C=O) groups excluding carboxylic acids is 2. The Balaban J connectivity index is 1.82. The van der Waals surface area contributed by atoms with E-state index < -0.39 is 0 Å². The van der Waals surface area contributed by atoms with Gasteiger partial charge in [0.05, 0.1) is 11.1 Å². The molecule has 1 aliphatic rings. The van der Waals surface area contributed by atoms with E-state index in [0.29, 0.717) is 23.5 Å². The van der Waals surface area contributed by atoms with Crippen molar-refractivity contribution in [3.63, 3.8) is 0 Å². The molecule has 0 aromatic heterocycles. The summed E-state index contributed by atoms with van der Waals surface area (Å²) in [4.78, 5) is 26.8. The van der Waals surface area contributed by atoms with Gasteiger partial charge in [-0.15, -0.1) is 0 Å². The lowest BCUT2D eigenvalue weighted by Gasteiger charge is -2.33. The van der Waals surface area contributed by atoms with Crippen LogP contribution in [0.15, 0.2) is 48.5 Å². The van der Waals surface area contributed by atoms with Gasteiger partial charge in [0.1, 0.15) is 12.4 Å².